The van der Waals surface area contributed by atoms with Gasteiger partial charge in [0.15, 0.2) is 0 Å². The van der Waals surface area contributed by atoms with E-state index in [1.165, 1.54) is 44.9 Å². The molecular weight excluding hydrogens is 324 g/mol. The molecule has 3 rings (SSSR count). The molecule has 1 atom stereocenters. The largest absolute Gasteiger partial charge is 0.508 e. The van der Waals surface area contributed by atoms with E-state index in [4.69, 9.17) is 9.47 Å². The summed E-state index contributed by atoms with van der Waals surface area (Å²) >= 11 is 0. The minimum atomic E-state index is 0.293. The van der Waals surface area contributed by atoms with Gasteiger partial charge in [0.05, 0.1) is 19.3 Å². The first-order valence-corrected chi connectivity index (χ1v) is 9.95. The molecule has 0 aliphatic carbocycles. The lowest BCUT2D eigenvalue weighted by atomic mass is 10.1. The van der Waals surface area contributed by atoms with Crippen molar-refractivity contribution in [2.75, 3.05) is 13.2 Å². The van der Waals surface area contributed by atoms with Crippen LogP contribution in [-0.2, 0) is 4.74 Å². The van der Waals surface area contributed by atoms with Crippen molar-refractivity contribution < 1.29 is 14.6 Å². The molecule has 3 nitrogen and oxygen atoms in total. The van der Waals surface area contributed by atoms with E-state index in [9.17, 15) is 5.11 Å². The summed E-state index contributed by atoms with van der Waals surface area (Å²) in [6.45, 7) is 1.79. The fourth-order valence-electron chi connectivity index (χ4n) is 3.18. The topological polar surface area (TPSA) is 42.0 Å². The molecule has 1 unspecified atom stereocenters. The average molecular weight is 354 g/mol. The maximum absolute atomic E-state index is 9.36. The molecule has 1 N–H and O–H groups in total. The van der Waals surface area contributed by atoms with Gasteiger partial charge in [-0.05, 0) is 48.2 Å². The van der Waals surface area contributed by atoms with Crippen LogP contribution in [0.25, 0.3) is 11.1 Å². The smallest absolute Gasteiger partial charge is 0.119 e. The number of rotatable bonds is 12. The summed E-state index contributed by atoms with van der Waals surface area (Å²) in [6, 6.07) is 15.4. The van der Waals surface area contributed by atoms with Crippen LogP contribution in [0.2, 0.25) is 0 Å². The molecule has 26 heavy (non-hydrogen) atoms. The van der Waals surface area contributed by atoms with E-state index in [2.05, 4.69) is 12.1 Å². The molecule has 1 saturated heterocycles. The Morgan fingerprint density at radius 1 is 0.769 bits per heavy atom. The van der Waals surface area contributed by atoms with Crippen LogP contribution in [0.4, 0.5) is 0 Å². The Morgan fingerprint density at radius 2 is 1.31 bits per heavy atom. The van der Waals surface area contributed by atoms with Gasteiger partial charge in [0.1, 0.15) is 11.5 Å². The van der Waals surface area contributed by atoms with E-state index in [0.717, 1.165) is 36.5 Å². The molecule has 2 aromatic rings. The Bertz CT molecular complexity index is 630. The van der Waals surface area contributed by atoms with E-state index in [0.29, 0.717) is 11.9 Å². The number of ether oxygens (including phenoxy) is 2. The third-order valence-corrected chi connectivity index (χ3v) is 4.90. The van der Waals surface area contributed by atoms with Crippen LogP contribution in [0, 0.1) is 0 Å². The predicted molar refractivity (Wildman–Crippen MR) is 106 cm³/mol. The lowest BCUT2D eigenvalue weighted by molar-refractivity contribution is 0.304. The lowest BCUT2D eigenvalue weighted by Gasteiger charge is -2.08. The summed E-state index contributed by atoms with van der Waals surface area (Å²) in [4.78, 5) is 0. The van der Waals surface area contributed by atoms with E-state index < -0.39 is 0 Å². The van der Waals surface area contributed by atoms with Crippen molar-refractivity contribution in [3.8, 4) is 22.6 Å². The van der Waals surface area contributed by atoms with Crippen molar-refractivity contribution >= 4 is 0 Å². The molecule has 0 bridgehead atoms. The fraction of sp³-hybridized carbons (Fsp3) is 0.478. The Balaban J connectivity index is 1.23. The van der Waals surface area contributed by atoms with Crippen LogP contribution >= 0.6 is 0 Å². The molecule has 3 heteroatoms. The van der Waals surface area contributed by atoms with Gasteiger partial charge in [-0.15, -0.1) is 0 Å². The maximum atomic E-state index is 9.36. The van der Waals surface area contributed by atoms with Crippen LogP contribution in [0.5, 0.6) is 11.5 Å². The van der Waals surface area contributed by atoms with Crippen LogP contribution in [0.15, 0.2) is 48.5 Å². The van der Waals surface area contributed by atoms with E-state index in [-0.39, 0.29) is 0 Å². The number of hydrogen-bond acceptors (Lipinski definition) is 3. The number of aromatic hydroxyl groups is 1. The zero-order chi connectivity index (χ0) is 18.0. The average Bonchev–Trinajstić information content (AvgIpc) is 3.49. The Labute approximate surface area is 157 Å². The van der Waals surface area contributed by atoms with Gasteiger partial charge >= 0.3 is 0 Å². The van der Waals surface area contributed by atoms with Crippen molar-refractivity contribution in [2.24, 2.45) is 0 Å². The molecule has 0 radical (unpaired) electrons. The number of epoxide rings is 1. The molecule has 0 aromatic heterocycles. The van der Waals surface area contributed by atoms with Gasteiger partial charge in [-0.25, -0.2) is 0 Å². The van der Waals surface area contributed by atoms with E-state index in [1.54, 1.807) is 12.1 Å². The highest BCUT2D eigenvalue weighted by atomic mass is 16.6. The summed E-state index contributed by atoms with van der Waals surface area (Å²) in [5, 5.41) is 9.36. The summed E-state index contributed by atoms with van der Waals surface area (Å²) in [5.41, 5.74) is 2.23. The number of phenolic OH excluding ortho intramolecular Hbond substituents is 1. The number of phenols is 1. The molecular formula is C23H30O3. The zero-order valence-electron chi connectivity index (χ0n) is 15.5. The summed E-state index contributed by atoms with van der Waals surface area (Å²) in [5.74, 6) is 1.22. The van der Waals surface area contributed by atoms with Gasteiger partial charge in [-0.1, -0.05) is 62.8 Å². The minimum Gasteiger partial charge on any atom is -0.508 e. The van der Waals surface area contributed by atoms with Gasteiger partial charge in [0, 0.05) is 0 Å². The second kappa shape index (κ2) is 10.2. The van der Waals surface area contributed by atoms with Crippen LogP contribution in [0.1, 0.15) is 51.4 Å². The normalized spacial score (nSPS) is 15.8. The third kappa shape index (κ3) is 6.72. The van der Waals surface area contributed by atoms with E-state index in [1.807, 2.05) is 24.3 Å². The SMILES string of the molecule is Oc1ccc(-c2ccc(OCCCCCCCCCC3CO3)cc2)cc1. The quantitative estimate of drug-likeness (QED) is 0.378. The highest BCUT2D eigenvalue weighted by molar-refractivity contribution is 5.64. The van der Waals surface area contributed by atoms with Gasteiger partial charge < -0.3 is 14.6 Å². The monoisotopic (exact) mass is 354 g/mol. The first-order chi connectivity index (χ1) is 12.8. The van der Waals surface area contributed by atoms with Gasteiger partial charge in [-0.2, -0.15) is 0 Å². The maximum Gasteiger partial charge on any atom is 0.119 e. The molecule has 0 amide bonds. The summed E-state index contributed by atoms with van der Waals surface area (Å²) in [6.07, 6.45) is 10.9. The molecule has 0 spiro atoms. The number of unbranched alkanes of at least 4 members (excludes halogenated alkanes) is 6. The van der Waals surface area contributed by atoms with Crippen LogP contribution < -0.4 is 4.74 Å². The van der Waals surface area contributed by atoms with Gasteiger partial charge in [0.2, 0.25) is 0 Å². The van der Waals surface area contributed by atoms with Crippen molar-refractivity contribution in [1.82, 2.24) is 0 Å². The second-order valence-corrected chi connectivity index (χ2v) is 7.14. The van der Waals surface area contributed by atoms with Crippen LogP contribution in [0.3, 0.4) is 0 Å². The zero-order valence-corrected chi connectivity index (χ0v) is 15.5. The number of hydrogen-bond donors (Lipinski definition) is 1. The summed E-state index contributed by atoms with van der Waals surface area (Å²) < 4.78 is 11.1. The standard InChI is InChI=1S/C23H30O3/c24-21-13-9-19(10-14-21)20-11-15-22(16-12-20)25-17-7-5-3-1-2-4-6-8-23-18-26-23/h9-16,23-24H,1-8,17-18H2. The Kier molecular flexibility index (Phi) is 7.38. The molecule has 1 aliphatic heterocycles. The van der Waals surface area contributed by atoms with Crippen LogP contribution in [-0.4, -0.2) is 24.4 Å². The number of benzene rings is 2. The molecule has 2 aromatic carbocycles. The van der Waals surface area contributed by atoms with E-state index >= 15 is 0 Å². The Morgan fingerprint density at radius 3 is 1.92 bits per heavy atom. The van der Waals surface area contributed by atoms with Gasteiger partial charge in [0.25, 0.3) is 0 Å². The summed E-state index contributed by atoms with van der Waals surface area (Å²) in [7, 11) is 0. The van der Waals surface area contributed by atoms with Gasteiger partial charge in [-0.3, -0.25) is 0 Å². The molecule has 1 fully saturated rings. The fourth-order valence-corrected chi connectivity index (χ4v) is 3.18. The minimum absolute atomic E-state index is 0.293. The van der Waals surface area contributed by atoms with Crippen molar-refractivity contribution in [3.63, 3.8) is 0 Å². The lowest BCUT2D eigenvalue weighted by Crippen LogP contribution is -1.97. The van der Waals surface area contributed by atoms with Crippen molar-refractivity contribution in [1.29, 1.82) is 0 Å². The third-order valence-electron chi connectivity index (χ3n) is 4.90. The highest BCUT2D eigenvalue weighted by Gasteiger charge is 2.20. The Hall–Kier alpha value is -2.00. The predicted octanol–water partition coefficient (Wildman–Crippen LogP) is 5.96. The highest BCUT2D eigenvalue weighted by Crippen LogP contribution is 2.24. The first kappa shape index (κ1) is 18.8. The first-order valence-electron chi connectivity index (χ1n) is 9.95. The molecule has 140 valence electrons. The van der Waals surface area contributed by atoms with Crippen molar-refractivity contribution in [2.45, 2.75) is 57.5 Å². The molecule has 0 saturated carbocycles. The van der Waals surface area contributed by atoms with Crippen molar-refractivity contribution in [3.05, 3.63) is 48.5 Å². The molecule has 1 aliphatic rings. The molecule has 1 heterocycles. The second-order valence-electron chi connectivity index (χ2n) is 7.14.